The fourth-order valence-corrected chi connectivity index (χ4v) is 3.45. The minimum absolute atomic E-state index is 0.0705. The number of hydrogen-bond donors (Lipinski definition) is 0. The predicted molar refractivity (Wildman–Crippen MR) is 101 cm³/mol. The predicted octanol–water partition coefficient (Wildman–Crippen LogP) is 4.76. The van der Waals surface area contributed by atoms with Crippen LogP contribution in [0.4, 0.5) is 17.6 Å². The Hall–Kier alpha value is -3.20. The van der Waals surface area contributed by atoms with Crippen molar-refractivity contribution >= 4 is 23.6 Å². The van der Waals surface area contributed by atoms with E-state index in [1.807, 2.05) is 0 Å². The summed E-state index contributed by atoms with van der Waals surface area (Å²) in [5.74, 6) is -1.10. The maximum Gasteiger partial charge on any atom is 0.417 e. The van der Waals surface area contributed by atoms with E-state index in [1.54, 1.807) is 23.0 Å². The quantitative estimate of drug-likeness (QED) is 0.556. The number of carbonyl (C=O) groups excluding carboxylic acids is 1. The number of hydrogen-bond acceptors (Lipinski definition) is 3. The lowest BCUT2D eigenvalue weighted by Crippen LogP contribution is -2.28. The standard InChI is InChI=1S/C20H13ClF4N4O/c21-18-14(2-1-3-15(18)20(23,24)25)19(30)28-7-6-17-16(10-28)27-11-29(17)9-13-5-4-12(22)8-26-13/h1-8,11H,9-10H2. The lowest BCUT2D eigenvalue weighted by Gasteiger charge is -2.23. The molecule has 5 nitrogen and oxygen atoms in total. The van der Waals surface area contributed by atoms with Gasteiger partial charge in [-0.05, 0) is 30.3 Å². The first kappa shape index (κ1) is 20.1. The number of fused-ring (bicyclic) bond motifs is 1. The van der Waals surface area contributed by atoms with E-state index in [1.165, 1.54) is 23.2 Å². The van der Waals surface area contributed by atoms with Crippen molar-refractivity contribution in [3.8, 4) is 0 Å². The second kappa shape index (κ2) is 7.56. The Kier molecular flexibility index (Phi) is 5.07. The van der Waals surface area contributed by atoms with Crippen molar-refractivity contribution in [3.05, 3.63) is 88.1 Å². The fraction of sp³-hybridized carbons (Fsp3) is 0.150. The number of rotatable bonds is 3. The normalized spacial score (nSPS) is 13.4. The second-order valence-electron chi connectivity index (χ2n) is 6.59. The molecule has 0 bridgehead atoms. The molecule has 0 atom stereocenters. The molecule has 4 rings (SSSR count). The number of alkyl halides is 3. The average Bonchev–Trinajstić information content (AvgIpc) is 3.10. The van der Waals surface area contributed by atoms with Crippen LogP contribution in [0.25, 0.3) is 6.08 Å². The maximum absolute atomic E-state index is 13.1. The highest BCUT2D eigenvalue weighted by Crippen LogP contribution is 2.37. The highest BCUT2D eigenvalue weighted by Gasteiger charge is 2.35. The van der Waals surface area contributed by atoms with Crippen LogP contribution in [0.5, 0.6) is 0 Å². The van der Waals surface area contributed by atoms with Crippen molar-refractivity contribution in [2.75, 3.05) is 0 Å². The first-order chi connectivity index (χ1) is 14.2. The molecular formula is C20H13ClF4N4O. The van der Waals surface area contributed by atoms with E-state index in [0.29, 0.717) is 17.9 Å². The van der Waals surface area contributed by atoms with Gasteiger partial charge >= 0.3 is 6.18 Å². The van der Waals surface area contributed by atoms with E-state index in [0.717, 1.165) is 24.0 Å². The van der Waals surface area contributed by atoms with Gasteiger partial charge in [-0.2, -0.15) is 13.2 Å². The first-order valence-electron chi connectivity index (χ1n) is 8.73. The largest absolute Gasteiger partial charge is 0.417 e. The second-order valence-corrected chi connectivity index (χ2v) is 6.96. The zero-order valence-electron chi connectivity index (χ0n) is 15.2. The number of aromatic nitrogens is 3. The molecule has 3 aromatic rings. The molecule has 0 saturated carbocycles. The third kappa shape index (κ3) is 3.80. The summed E-state index contributed by atoms with van der Waals surface area (Å²) in [6, 6.07) is 6.09. The molecule has 1 aliphatic heterocycles. The smallest absolute Gasteiger partial charge is 0.325 e. The summed E-state index contributed by atoms with van der Waals surface area (Å²) in [5.41, 5.74) is 0.609. The maximum atomic E-state index is 13.1. The van der Waals surface area contributed by atoms with Gasteiger partial charge in [0.1, 0.15) is 5.82 Å². The third-order valence-electron chi connectivity index (χ3n) is 4.61. The SMILES string of the molecule is O=C(c1cccc(C(F)(F)F)c1Cl)N1C=Cc2c(ncn2Cc2ccc(F)cn2)C1. The van der Waals surface area contributed by atoms with Crippen LogP contribution in [-0.4, -0.2) is 25.3 Å². The van der Waals surface area contributed by atoms with Crippen LogP contribution in [-0.2, 0) is 19.3 Å². The highest BCUT2D eigenvalue weighted by atomic mass is 35.5. The number of amides is 1. The summed E-state index contributed by atoms with van der Waals surface area (Å²) in [4.78, 5) is 22.3. The van der Waals surface area contributed by atoms with E-state index in [4.69, 9.17) is 11.6 Å². The Morgan fingerprint density at radius 2 is 1.97 bits per heavy atom. The summed E-state index contributed by atoms with van der Waals surface area (Å²) in [6.07, 6.45) is 1.12. The lowest BCUT2D eigenvalue weighted by molar-refractivity contribution is -0.137. The highest BCUT2D eigenvalue weighted by molar-refractivity contribution is 6.34. The molecule has 1 aromatic carbocycles. The summed E-state index contributed by atoms with van der Waals surface area (Å²) >= 11 is 5.87. The van der Waals surface area contributed by atoms with Crippen molar-refractivity contribution in [3.63, 3.8) is 0 Å². The Morgan fingerprint density at radius 1 is 1.17 bits per heavy atom. The van der Waals surface area contributed by atoms with Gasteiger partial charge in [-0.25, -0.2) is 9.37 Å². The average molecular weight is 437 g/mol. The van der Waals surface area contributed by atoms with Gasteiger partial charge in [0.15, 0.2) is 0 Å². The summed E-state index contributed by atoms with van der Waals surface area (Å²) in [5, 5.41) is -0.637. The van der Waals surface area contributed by atoms with E-state index in [-0.39, 0.29) is 12.1 Å². The molecule has 0 fully saturated rings. The van der Waals surface area contributed by atoms with Gasteiger partial charge in [0.05, 0.1) is 58.8 Å². The Labute approximate surface area is 173 Å². The summed E-state index contributed by atoms with van der Waals surface area (Å²) in [6.45, 7) is 0.418. The van der Waals surface area contributed by atoms with Crippen molar-refractivity contribution in [2.45, 2.75) is 19.3 Å². The van der Waals surface area contributed by atoms with Crippen LogP contribution < -0.4 is 0 Å². The van der Waals surface area contributed by atoms with Crippen molar-refractivity contribution in [1.82, 2.24) is 19.4 Å². The van der Waals surface area contributed by atoms with E-state index < -0.39 is 28.5 Å². The molecule has 0 radical (unpaired) electrons. The van der Waals surface area contributed by atoms with Gasteiger partial charge in [0.25, 0.3) is 5.91 Å². The van der Waals surface area contributed by atoms with Crippen LogP contribution in [0.1, 0.15) is 33.0 Å². The van der Waals surface area contributed by atoms with Gasteiger partial charge in [-0.15, -0.1) is 0 Å². The van der Waals surface area contributed by atoms with E-state index >= 15 is 0 Å². The Bertz CT molecular complexity index is 1140. The molecule has 0 aliphatic carbocycles. The van der Waals surface area contributed by atoms with Crippen molar-refractivity contribution < 1.29 is 22.4 Å². The van der Waals surface area contributed by atoms with Gasteiger partial charge in [0.2, 0.25) is 0 Å². The van der Waals surface area contributed by atoms with Gasteiger partial charge in [-0.1, -0.05) is 17.7 Å². The number of nitrogens with zero attached hydrogens (tertiary/aromatic N) is 4. The molecule has 0 unspecified atom stereocenters. The van der Waals surface area contributed by atoms with Crippen LogP contribution in [0, 0.1) is 5.82 Å². The molecule has 1 amide bonds. The van der Waals surface area contributed by atoms with Crippen LogP contribution >= 0.6 is 11.6 Å². The molecule has 154 valence electrons. The molecular weight excluding hydrogens is 424 g/mol. The molecule has 0 saturated heterocycles. The Balaban J connectivity index is 1.56. The number of carbonyl (C=O) groups is 1. The minimum Gasteiger partial charge on any atom is -0.325 e. The number of halogens is 5. The molecule has 10 heteroatoms. The van der Waals surface area contributed by atoms with E-state index in [2.05, 4.69) is 9.97 Å². The van der Waals surface area contributed by atoms with Crippen molar-refractivity contribution in [2.24, 2.45) is 0 Å². The van der Waals surface area contributed by atoms with Crippen molar-refractivity contribution in [1.29, 1.82) is 0 Å². The number of benzene rings is 1. The molecule has 2 aromatic heterocycles. The van der Waals surface area contributed by atoms with Gasteiger partial charge in [-0.3, -0.25) is 9.78 Å². The zero-order chi connectivity index (χ0) is 21.5. The third-order valence-corrected chi connectivity index (χ3v) is 5.01. The van der Waals surface area contributed by atoms with Gasteiger partial charge in [0, 0.05) is 6.20 Å². The number of imidazole rings is 1. The summed E-state index contributed by atoms with van der Waals surface area (Å²) in [7, 11) is 0. The number of pyridine rings is 1. The Morgan fingerprint density at radius 3 is 2.67 bits per heavy atom. The molecule has 1 aliphatic rings. The monoisotopic (exact) mass is 436 g/mol. The van der Waals surface area contributed by atoms with Crippen LogP contribution in [0.15, 0.2) is 49.1 Å². The molecule has 3 heterocycles. The fourth-order valence-electron chi connectivity index (χ4n) is 3.13. The summed E-state index contributed by atoms with van der Waals surface area (Å²) < 4.78 is 54.0. The molecule has 0 N–H and O–H groups in total. The van der Waals surface area contributed by atoms with Crippen LogP contribution in [0.2, 0.25) is 5.02 Å². The zero-order valence-corrected chi connectivity index (χ0v) is 16.0. The minimum atomic E-state index is -4.66. The van der Waals surface area contributed by atoms with E-state index in [9.17, 15) is 22.4 Å². The topological polar surface area (TPSA) is 51.0 Å². The molecule has 0 spiro atoms. The molecule has 30 heavy (non-hydrogen) atoms. The lowest BCUT2D eigenvalue weighted by atomic mass is 10.1. The van der Waals surface area contributed by atoms with Gasteiger partial charge < -0.3 is 9.47 Å². The van der Waals surface area contributed by atoms with Crippen LogP contribution in [0.3, 0.4) is 0 Å². The first-order valence-corrected chi connectivity index (χ1v) is 9.11.